The molecule has 11 heavy (non-hydrogen) atoms. The highest BCUT2D eigenvalue weighted by Crippen LogP contribution is 2.27. The molecule has 1 aliphatic heterocycles. The molecule has 0 aromatic heterocycles. The minimum Gasteiger partial charge on any atom is -0.508 e. The van der Waals surface area contributed by atoms with Crippen molar-refractivity contribution < 1.29 is 5.11 Å². The van der Waals surface area contributed by atoms with Gasteiger partial charge < -0.3 is 15.7 Å². The van der Waals surface area contributed by atoms with Crippen molar-refractivity contribution >= 4 is 11.4 Å². The van der Waals surface area contributed by atoms with Gasteiger partial charge in [0.2, 0.25) is 0 Å². The molecule has 0 saturated carbocycles. The summed E-state index contributed by atoms with van der Waals surface area (Å²) in [5, 5.41) is 15.5. The molecule has 1 aliphatic rings. The van der Waals surface area contributed by atoms with Crippen molar-refractivity contribution in [2.45, 2.75) is 0 Å². The quantitative estimate of drug-likeness (QED) is 0.487. The zero-order valence-electron chi connectivity index (χ0n) is 6.09. The van der Waals surface area contributed by atoms with Crippen LogP contribution in [0.3, 0.4) is 0 Å². The summed E-state index contributed by atoms with van der Waals surface area (Å²) < 4.78 is 0. The topological polar surface area (TPSA) is 44.3 Å². The van der Waals surface area contributed by atoms with Crippen LogP contribution in [0, 0.1) is 0 Å². The zero-order chi connectivity index (χ0) is 7.68. The second kappa shape index (κ2) is 2.34. The van der Waals surface area contributed by atoms with Crippen LogP contribution < -0.4 is 10.6 Å². The van der Waals surface area contributed by atoms with Crippen molar-refractivity contribution in [2.24, 2.45) is 0 Å². The summed E-state index contributed by atoms with van der Waals surface area (Å²) in [7, 11) is 0. The molecule has 0 spiro atoms. The van der Waals surface area contributed by atoms with E-state index in [0.29, 0.717) is 5.75 Å². The van der Waals surface area contributed by atoms with Gasteiger partial charge in [-0.15, -0.1) is 0 Å². The van der Waals surface area contributed by atoms with E-state index in [-0.39, 0.29) is 0 Å². The minimum absolute atomic E-state index is 0.306. The van der Waals surface area contributed by atoms with E-state index in [4.69, 9.17) is 5.11 Å². The van der Waals surface area contributed by atoms with Crippen LogP contribution >= 0.6 is 0 Å². The fraction of sp³-hybridized carbons (Fsp3) is 0.250. The maximum absolute atomic E-state index is 9.12. The molecule has 3 N–H and O–H groups in total. The Kier molecular flexibility index (Phi) is 1.35. The fourth-order valence-electron chi connectivity index (χ4n) is 1.23. The second-order valence-corrected chi connectivity index (χ2v) is 2.58. The molecule has 2 rings (SSSR count). The summed E-state index contributed by atoms with van der Waals surface area (Å²) in [5.41, 5.74) is 2.05. The summed E-state index contributed by atoms with van der Waals surface area (Å²) in [6.07, 6.45) is 0. The van der Waals surface area contributed by atoms with Crippen molar-refractivity contribution in [3.8, 4) is 5.75 Å². The van der Waals surface area contributed by atoms with Crippen LogP contribution in [-0.2, 0) is 0 Å². The van der Waals surface area contributed by atoms with Gasteiger partial charge in [0.25, 0.3) is 0 Å². The lowest BCUT2D eigenvalue weighted by Crippen LogP contribution is -2.20. The highest BCUT2D eigenvalue weighted by molar-refractivity contribution is 5.72. The third-order valence-electron chi connectivity index (χ3n) is 1.76. The van der Waals surface area contributed by atoms with Gasteiger partial charge in [0, 0.05) is 19.2 Å². The van der Waals surface area contributed by atoms with Crippen LogP contribution in [0.25, 0.3) is 0 Å². The third kappa shape index (κ3) is 1.09. The van der Waals surface area contributed by atoms with Gasteiger partial charge in [-0.2, -0.15) is 0 Å². The van der Waals surface area contributed by atoms with E-state index >= 15 is 0 Å². The normalized spacial score (nSPS) is 14.5. The SMILES string of the molecule is Oc1ccc2c(c1)NCCN2. The van der Waals surface area contributed by atoms with Gasteiger partial charge >= 0.3 is 0 Å². The molecular weight excluding hydrogens is 140 g/mol. The van der Waals surface area contributed by atoms with Gasteiger partial charge in [0.1, 0.15) is 5.75 Å². The molecule has 0 fully saturated rings. The molecule has 3 nitrogen and oxygen atoms in total. The molecule has 1 heterocycles. The number of rotatable bonds is 0. The first-order valence-electron chi connectivity index (χ1n) is 3.67. The van der Waals surface area contributed by atoms with Gasteiger partial charge in [-0.1, -0.05) is 0 Å². The molecule has 0 unspecified atom stereocenters. The summed E-state index contributed by atoms with van der Waals surface area (Å²) in [5.74, 6) is 0.306. The zero-order valence-corrected chi connectivity index (χ0v) is 6.09. The summed E-state index contributed by atoms with van der Waals surface area (Å²) in [6, 6.07) is 5.27. The Labute approximate surface area is 65.0 Å². The summed E-state index contributed by atoms with van der Waals surface area (Å²) >= 11 is 0. The van der Waals surface area contributed by atoms with E-state index in [1.54, 1.807) is 12.1 Å². The Morgan fingerprint density at radius 1 is 1.09 bits per heavy atom. The fourth-order valence-corrected chi connectivity index (χ4v) is 1.23. The molecule has 1 aromatic rings. The van der Waals surface area contributed by atoms with Crippen LogP contribution in [-0.4, -0.2) is 18.2 Å². The first-order valence-corrected chi connectivity index (χ1v) is 3.67. The van der Waals surface area contributed by atoms with E-state index in [0.717, 1.165) is 24.5 Å². The van der Waals surface area contributed by atoms with Crippen LogP contribution in [0.2, 0.25) is 0 Å². The van der Waals surface area contributed by atoms with Crippen molar-refractivity contribution in [2.75, 3.05) is 23.7 Å². The number of aromatic hydroxyl groups is 1. The number of fused-ring (bicyclic) bond motifs is 1. The first kappa shape index (κ1) is 6.34. The predicted octanol–water partition coefficient (Wildman–Crippen LogP) is 1.23. The Hall–Kier alpha value is -1.38. The van der Waals surface area contributed by atoms with Crippen LogP contribution in [0.15, 0.2) is 18.2 Å². The smallest absolute Gasteiger partial charge is 0.117 e. The Morgan fingerprint density at radius 2 is 1.82 bits per heavy atom. The maximum Gasteiger partial charge on any atom is 0.117 e. The molecule has 58 valence electrons. The Bertz CT molecular complexity index is 273. The van der Waals surface area contributed by atoms with E-state index in [1.165, 1.54) is 0 Å². The molecule has 0 aliphatic carbocycles. The average molecular weight is 150 g/mol. The summed E-state index contributed by atoms with van der Waals surface area (Å²) in [4.78, 5) is 0. The van der Waals surface area contributed by atoms with Crippen molar-refractivity contribution in [1.82, 2.24) is 0 Å². The number of anilines is 2. The third-order valence-corrected chi connectivity index (χ3v) is 1.76. The first-order chi connectivity index (χ1) is 5.36. The maximum atomic E-state index is 9.12. The van der Waals surface area contributed by atoms with E-state index in [9.17, 15) is 0 Å². The largest absolute Gasteiger partial charge is 0.508 e. The van der Waals surface area contributed by atoms with E-state index in [1.807, 2.05) is 6.07 Å². The number of hydrogen-bond acceptors (Lipinski definition) is 3. The van der Waals surface area contributed by atoms with E-state index in [2.05, 4.69) is 10.6 Å². The lowest BCUT2D eigenvalue weighted by molar-refractivity contribution is 0.475. The number of nitrogens with one attached hydrogen (secondary N) is 2. The molecule has 0 amide bonds. The van der Waals surface area contributed by atoms with Crippen LogP contribution in [0.5, 0.6) is 5.75 Å². The standard InChI is InChI=1S/C8H10N2O/c11-6-1-2-7-8(5-6)10-4-3-9-7/h1-2,5,9-11H,3-4H2. The molecule has 3 heteroatoms. The monoisotopic (exact) mass is 150 g/mol. The van der Waals surface area contributed by atoms with Gasteiger partial charge in [0.05, 0.1) is 11.4 Å². The van der Waals surface area contributed by atoms with Crippen molar-refractivity contribution in [3.63, 3.8) is 0 Å². The molecular formula is C8H10N2O. The van der Waals surface area contributed by atoms with Crippen LogP contribution in [0.4, 0.5) is 11.4 Å². The lowest BCUT2D eigenvalue weighted by atomic mass is 10.2. The van der Waals surface area contributed by atoms with Crippen molar-refractivity contribution in [3.05, 3.63) is 18.2 Å². The molecule has 0 bridgehead atoms. The average Bonchev–Trinajstić information content (AvgIpc) is 2.04. The molecule has 0 radical (unpaired) electrons. The lowest BCUT2D eigenvalue weighted by Gasteiger charge is -2.19. The van der Waals surface area contributed by atoms with E-state index < -0.39 is 0 Å². The van der Waals surface area contributed by atoms with Gasteiger partial charge in [-0.05, 0) is 12.1 Å². The van der Waals surface area contributed by atoms with Gasteiger partial charge in [0.15, 0.2) is 0 Å². The number of phenols is 1. The highest BCUT2D eigenvalue weighted by Gasteiger charge is 2.06. The number of hydrogen-bond donors (Lipinski definition) is 3. The molecule has 0 atom stereocenters. The minimum atomic E-state index is 0.306. The Morgan fingerprint density at radius 3 is 2.64 bits per heavy atom. The number of phenolic OH excluding ortho intramolecular Hbond substituents is 1. The summed E-state index contributed by atoms with van der Waals surface area (Å²) in [6.45, 7) is 1.86. The molecule has 0 saturated heterocycles. The van der Waals surface area contributed by atoms with Crippen molar-refractivity contribution in [1.29, 1.82) is 0 Å². The van der Waals surface area contributed by atoms with Gasteiger partial charge in [-0.25, -0.2) is 0 Å². The van der Waals surface area contributed by atoms with Crippen LogP contribution in [0.1, 0.15) is 0 Å². The Balaban J connectivity index is 2.43. The highest BCUT2D eigenvalue weighted by atomic mass is 16.3. The predicted molar refractivity (Wildman–Crippen MR) is 45.1 cm³/mol. The second-order valence-electron chi connectivity index (χ2n) is 2.58. The number of benzene rings is 1. The molecule has 1 aromatic carbocycles. The van der Waals surface area contributed by atoms with Gasteiger partial charge in [-0.3, -0.25) is 0 Å².